The number of rotatable bonds is 9. The number of hydrogen-bond donors (Lipinski definition) is 2. The minimum atomic E-state index is -0.0255. The van der Waals surface area contributed by atoms with Crippen molar-refractivity contribution in [3.8, 4) is 17.1 Å². The number of carbonyl (C=O) groups excluding carboxylic acids is 1. The fourth-order valence-electron chi connectivity index (χ4n) is 2.71. The summed E-state index contributed by atoms with van der Waals surface area (Å²) in [6.07, 6.45) is 1.17. The second-order valence-corrected chi connectivity index (χ2v) is 6.33. The lowest BCUT2D eigenvalue weighted by Crippen LogP contribution is -2.09. The Labute approximate surface area is 169 Å². The highest BCUT2D eigenvalue weighted by Crippen LogP contribution is 2.26. The van der Waals surface area contributed by atoms with Gasteiger partial charge in [0.25, 0.3) is 0 Å². The zero-order valence-electron chi connectivity index (χ0n) is 16.6. The minimum absolute atomic E-state index is 0.0255. The first-order valence-electron chi connectivity index (χ1n) is 9.65. The number of ether oxygens (including phenoxy) is 2. The summed E-state index contributed by atoms with van der Waals surface area (Å²) >= 11 is 0. The zero-order chi connectivity index (χ0) is 20.6. The third-order valence-corrected chi connectivity index (χ3v) is 4.19. The smallest absolute Gasteiger partial charge is 0.245 e. The molecule has 0 spiro atoms. The summed E-state index contributed by atoms with van der Waals surface area (Å²) < 4.78 is 11.1. The van der Waals surface area contributed by atoms with Crippen LogP contribution >= 0.6 is 0 Å². The van der Waals surface area contributed by atoms with Crippen LogP contribution in [0.4, 0.5) is 11.6 Å². The number of amides is 1. The number of benzene rings is 1. The van der Waals surface area contributed by atoms with Crippen molar-refractivity contribution >= 4 is 28.6 Å². The highest BCUT2D eigenvalue weighted by molar-refractivity contribution is 5.90. The van der Waals surface area contributed by atoms with E-state index in [2.05, 4.69) is 20.3 Å². The van der Waals surface area contributed by atoms with E-state index in [0.29, 0.717) is 43.2 Å². The Bertz CT molecular complexity index is 976. The quantitative estimate of drug-likeness (QED) is 0.534. The van der Waals surface area contributed by atoms with Gasteiger partial charge in [0.15, 0.2) is 5.52 Å². The number of fused-ring (bicyclic) bond motifs is 1. The summed E-state index contributed by atoms with van der Waals surface area (Å²) in [5, 5.41) is 2.83. The maximum absolute atomic E-state index is 11.5. The Morgan fingerprint density at radius 2 is 1.83 bits per heavy atom. The summed E-state index contributed by atoms with van der Waals surface area (Å²) in [4.78, 5) is 24.6. The fourth-order valence-corrected chi connectivity index (χ4v) is 2.71. The van der Waals surface area contributed by atoms with E-state index in [1.165, 1.54) is 0 Å². The lowest BCUT2D eigenvalue weighted by atomic mass is 10.1. The second-order valence-electron chi connectivity index (χ2n) is 6.33. The fraction of sp³-hybridized carbons (Fsp3) is 0.333. The lowest BCUT2D eigenvalue weighted by molar-refractivity contribution is -0.115. The van der Waals surface area contributed by atoms with E-state index in [1.807, 2.05) is 50.2 Å². The van der Waals surface area contributed by atoms with Crippen LogP contribution in [0.3, 0.4) is 0 Å². The van der Waals surface area contributed by atoms with Gasteiger partial charge in [-0.3, -0.25) is 4.79 Å². The molecule has 152 valence electrons. The van der Waals surface area contributed by atoms with Gasteiger partial charge in [-0.15, -0.1) is 0 Å². The first kappa shape index (κ1) is 20.5. The molecule has 0 aliphatic rings. The van der Waals surface area contributed by atoms with E-state index in [9.17, 15) is 4.79 Å². The molecule has 2 heterocycles. The highest BCUT2D eigenvalue weighted by Gasteiger charge is 2.11. The molecular weight excluding hydrogens is 370 g/mol. The molecule has 0 unspecified atom stereocenters. The summed E-state index contributed by atoms with van der Waals surface area (Å²) in [7, 11) is 0. The maximum atomic E-state index is 11.5. The van der Waals surface area contributed by atoms with Crippen molar-refractivity contribution in [3.63, 3.8) is 0 Å². The van der Waals surface area contributed by atoms with E-state index < -0.39 is 0 Å². The van der Waals surface area contributed by atoms with Crippen molar-refractivity contribution < 1.29 is 14.3 Å². The van der Waals surface area contributed by atoms with Crippen molar-refractivity contribution in [1.82, 2.24) is 15.0 Å². The van der Waals surface area contributed by atoms with E-state index in [0.717, 1.165) is 23.4 Å². The molecule has 1 aromatic carbocycles. The van der Waals surface area contributed by atoms with Crippen LogP contribution in [0.2, 0.25) is 0 Å². The molecule has 8 heteroatoms. The second kappa shape index (κ2) is 9.79. The minimum Gasteiger partial charge on any atom is -0.476 e. The summed E-state index contributed by atoms with van der Waals surface area (Å²) in [6, 6.07) is 11.2. The molecular formula is C21H25N5O3. The molecule has 0 fully saturated rings. The van der Waals surface area contributed by atoms with E-state index in [1.54, 1.807) is 0 Å². The number of aromatic nitrogens is 3. The number of carbonyl (C=O) groups is 1. The Morgan fingerprint density at radius 3 is 2.55 bits per heavy atom. The molecule has 3 N–H and O–H groups in total. The molecule has 1 amide bonds. The van der Waals surface area contributed by atoms with E-state index in [-0.39, 0.29) is 11.9 Å². The molecule has 3 rings (SSSR count). The van der Waals surface area contributed by atoms with Crippen molar-refractivity contribution in [1.29, 1.82) is 0 Å². The van der Waals surface area contributed by atoms with Crippen LogP contribution in [-0.2, 0) is 9.53 Å². The van der Waals surface area contributed by atoms with E-state index >= 15 is 0 Å². The van der Waals surface area contributed by atoms with Gasteiger partial charge in [-0.1, -0.05) is 19.1 Å². The Kier molecular flexibility index (Phi) is 6.91. The maximum Gasteiger partial charge on any atom is 0.245 e. The van der Waals surface area contributed by atoms with Crippen LogP contribution in [0.15, 0.2) is 36.4 Å². The van der Waals surface area contributed by atoms with Crippen LogP contribution in [0.1, 0.15) is 26.7 Å². The normalized spacial score (nSPS) is 10.8. The molecule has 0 radical (unpaired) electrons. The van der Waals surface area contributed by atoms with Gasteiger partial charge < -0.3 is 20.5 Å². The van der Waals surface area contributed by atoms with Crippen molar-refractivity contribution in [2.24, 2.45) is 0 Å². The van der Waals surface area contributed by atoms with Gasteiger partial charge in [-0.2, -0.15) is 4.98 Å². The van der Waals surface area contributed by atoms with Gasteiger partial charge >= 0.3 is 0 Å². The van der Waals surface area contributed by atoms with Gasteiger partial charge in [0.05, 0.1) is 17.8 Å². The standard InChI is InChI=1S/C21H25N5O3/c1-3-18(27)23-15-8-6-14(7-9-15)16-10-11-17-19(24-16)20(26-21(22)25-17)29-13-5-12-28-4-2/h6-11H,3-5,12-13H2,1-2H3,(H,23,27)(H2,22,25,26). The van der Waals surface area contributed by atoms with E-state index in [4.69, 9.17) is 15.2 Å². The number of hydrogen-bond acceptors (Lipinski definition) is 7. The summed E-state index contributed by atoms with van der Waals surface area (Å²) in [5.41, 5.74) is 9.37. The number of nitrogens with two attached hydrogens (primary N) is 1. The average Bonchev–Trinajstić information content (AvgIpc) is 2.73. The Balaban J connectivity index is 1.83. The molecule has 29 heavy (non-hydrogen) atoms. The number of nitrogen functional groups attached to an aromatic ring is 1. The topological polar surface area (TPSA) is 112 Å². The predicted octanol–water partition coefficient (Wildman–Crippen LogP) is 3.43. The van der Waals surface area contributed by atoms with Gasteiger partial charge in [0.1, 0.15) is 0 Å². The molecule has 8 nitrogen and oxygen atoms in total. The van der Waals surface area contributed by atoms with Crippen LogP contribution in [0.25, 0.3) is 22.3 Å². The largest absolute Gasteiger partial charge is 0.476 e. The van der Waals surface area contributed by atoms with Crippen molar-refractivity contribution in [2.45, 2.75) is 26.7 Å². The molecule has 0 saturated carbocycles. The van der Waals surface area contributed by atoms with Crippen LogP contribution in [0.5, 0.6) is 5.88 Å². The Hall–Kier alpha value is -3.26. The number of anilines is 2. The third kappa shape index (κ3) is 5.39. The molecule has 3 aromatic rings. The number of pyridine rings is 1. The predicted molar refractivity (Wildman–Crippen MR) is 113 cm³/mol. The van der Waals surface area contributed by atoms with Crippen LogP contribution in [0, 0.1) is 0 Å². The molecule has 0 aliphatic heterocycles. The first-order chi connectivity index (χ1) is 14.1. The monoisotopic (exact) mass is 395 g/mol. The molecule has 0 saturated heterocycles. The SMILES string of the molecule is CCOCCCOc1nc(N)nc2ccc(-c3ccc(NC(=O)CC)cc3)nc12. The zero-order valence-corrected chi connectivity index (χ0v) is 16.6. The molecule has 0 aliphatic carbocycles. The third-order valence-electron chi connectivity index (χ3n) is 4.19. The van der Waals surface area contributed by atoms with Gasteiger partial charge in [0, 0.05) is 37.3 Å². The summed E-state index contributed by atoms with van der Waals surface area (Å²) in [5.74, 6) is 0.475. The molecule has 0 bridgehead atoms. The number of nitrogens with one attached hydrogen (secondary N) is 1. The molecule has 2 aromatic heterocycles. The Morgan fingerprint density at radius 1 is 1.03 bits per heavy atom. The van der Waals surface area contributed by atoms with Gasteiger partial charge in [-0.05, 0) is 31.2 Å². The average molecular weight is 395 g/mol. The first-order valence-corrected chi connectivity index (χ1v) is 9.65. The highest BCUT2D eigenvalue weighted by atomic mass is 16.5. The lowest BCUT2D eigenvalue weighted by Gasteiger charge is -2.10. The van der Waals surface area contributed by atoms with Crippen LogP contribution in [-0.4, -0.2) is 40.7 Å². The van der Waals surface area contributed by atoms with Crippen molar-refractivity contribution in [2.75, 3.05) is 30.9 Å². The van der Waals surface area contributed by atoms with Crippen LogP contribution < -0.4 is 15.8 Å². The van der Waals surface area contributed by atoms with Gasteiger partial charge in [-0.25, -0.2) is 9.97 Å². The van der Waals surface area contributed by atoms with Gasteiger partial charge in [0.2, 0.25) is 17.7 Å². The summed E-state index contributed by atoms with van der Waals surface area (Å²) in [6.45, 7) is 5.51. The number of nitrogens with zero attached hydrogens (tertiary/aromatic N) is 3. The van der Waals surface area contributed by atoms with Crippen molar-refractivity contribution in [3.05, 3.63) is 36.4 Å². The molecule has 0 atom stereocenters.